The Bertz CT molecular complexity index is 734. The first-order valence-corrected chi connectivity index (χ1v) is 5.83. The molecule has 0 saturated heterocycles. The summed E-state index contributed by atoms with van der Waals surface area (Å²) in [6.45, 7) is 0. The zero-order chi connectivity index (χ0) is 13.2. The summed E-state index contributed by atoms with van der Waals surface area (Å²) in [6, 6.07) is 15.8. The lowest BCUT2D eigenvalue weighted by atomic mass is 10.0. The first-order chi connectivity index (χ1) is 9.29. The molecule has 3 aromatic rings. The molecule has 0 aliphatic heterocycles. The second-order valence-corrected chi connectivity index (χ2v) is 4.14. The predicted molar refractivity (Wildman–Crippen MR) is 75.0 cm³/mol. The second-order valence-electron chi connectivity index (χ2n) is 4.14. The minimum atomic E-state index is 0.391. The lowest BCUT2D eigenvalue weighted by Gasteiger charge is -2.03. The van der Waals surface area contributed by atoms with Crippen LogP contribution in [0.15, 0.2) is 48.5 Å². The summed E-state index contributed by atoms with van der Waals surface area (Å²) in [5.74, 6) is 0.391. The Balaban J connectivity index is 2.16. The number of benzene rings is 2. The van der Waals surface area contributed by atoms with Crippen molar-refractivity contribution in [2.24, 2.45) is 0 Å². The molecule has 3 N–H and O–H groups in total. The number of carbonyl (C=O) groups is 1. The van der Waals surface area contributed by atoms with Crippen molar-refractivity contribution in [3.8, 4) is 11.1 Å². The maximum absolute atomic E-state index is 10.5. The summed E-state index contributed by atoms with van der Waals surface area (Å²) in [6.07, 6.45) is 0.566. The van der Waals surface area contributed by atoms with Crippen LogP contribution in [0.3, 0.4) is 0 Å². The fourth-order valence-corrected chi connectivity index (χ4v) is 2.10. The van der Waals surface area contributed by atoms with Crippen LogP contribution in [0.1, 0.15) is 0 Å². The summed E-state index contributed by atoms with van der Waals surface area (Å²) in [4.78, 5) is 11.9. The van der Waals surface area contributed by atoms with Crippen molar-refractivity contribution in [3.05, 3.63) is 48.5 Å². The number of anilines is 1. The Hall–Kier alpha value is -2.82. The van der Waals surface area contributed by atoms with Gasteiger partial charge in [0.25, 0.3) is 0 Å². The van der Waals surface area contributed by atoms with Crippen LogP contribution in [-0.4, -0.2) is 16.3 Å². The smallest absolute Gasteiger partial charge is 0.227 e. The summed E-state index contributed by atoms with van der Waals surface area (Å²) in [7, 11) is 0. The van der Waals surface area contributed by atoms with Gasteiger partial charge in [0.05, 0.1) is 5.52 Å². The highest BCUT2D eigenvalue weighted by Crippen LogP contribution is 2.27. The molecule has 5 heteroatoms. The number of nitrogens with zero attached hydrogens (tertiary/aromatic N) is 2. The van der Waals surface area contributed by atoms with E-state index in [1.54, 1.807) is 0 Å². The third-order valence-corrected chi connectivity index (χ3v) is 2.99. The van der Waals surface area contributed by atoms with Gasteiger partial charge in [0, 0.05) is 5.39 Å². The largest absolute Gasteiger partial charge is 0.382 e. The summed E-state index contributed by atoms with van der Waals surface area (Å²) >= 11 is 0. The monoisotopic (exact) mass is 252 g/mol. The van der Waals surface area contributed by atoms with Gasteiger partial charge in [0.2, 0.25) is 6.41 Å². The standard InChI is InChI=1S/C14H12N4O/c15-14-12-8-11(10-4-2-1-3-5-10)6-7-13(12)18(17-14)16-9-19/h1-9H,(H2,15,17)(H,16,19). The molecule has 0 unspecified atom stereocenters. The van der Waals surface area contributed by atoms with Gasteiger partial charge in [-0.1, -0.05) is 36.4 Å². The predicted octanol–water partition coefficient (Wildman–Crippen LogP) is 1.99. The fraction of sp³-hybridized carbons (Fsp3) is 0. The van der Waals surface area contributed by atoms with Crippen molar-refractivity contribution in [1.29, 1.82) is 0 Å². The van der Waals surface area contributed by atoms with Gasteiger partial charge >= 0.3 is 0 Å². The molecule has 0 aliphatic rings. The maximum atomic E-state index is 10.5. The molecule has 0 aliphatic carbocycles. The van der Waals surface area contributed by atoms with Gasteiger partial charge in [0.15, 0.2) is 5.82 Å². The number of nitrogens with two attached hydrogens (primary N) is 1. The molecule has 3 rings (SSSR count). The number of carbonyl (C=O) groups excluding carboxylic acids is 1. The van der Waals surface area contributed by atoms with Crippen molar-refractivity contribution < 1.29 is 4.79 Å². The molecule has 94 valence electrons. The molecule has 0 atom stereocenters. The highest BCUT2D eigenvalue weighted by molar-refractivity contribution is 5.93. The van der Waals surface area contributed by atoms with Gasteiger partial charge in [-0.05, 0) is 23.3 Å². The third-order valence-electron chi connectivity index (χ3n) is 2.99. The molecule has 19 heavy (non-hydrogen) atoms. The maximum Gasteiger partial charge on any atom is 0.227 e. The Morgan fingerprint density at radius 2 is 1.89 bits per heavy atom. The number of fused-ring (bicyclic) bond motifs is 1. The molecular weight excluding hydrogens is 240 g/mol. The van der Waals surface area contributed by atoms with E-state index in [4.69, 9.17) is 5.73 Å². The van der Waals surface area contributed by atoms with Crippen molar-refractivity contribution in [2.75, 3.05) is 11.2 Å². The first-order valence-electron chi connectivity index (χ1n) is 5.83. The van der Waals surface area contributed by atoms with Crippen LogP contribution in [0, 0.1) is 0 Å². The Morgan fingerprint density at radius 1 is 1.11 bits per heavy atom. The molecule has 1 aromatic heterocycles. The number of nitrogen functional groups attached to an aromatic ring is 1. The summed E-state index contributed by atoms with van der Waals surface area (Å²) in [5.41, 5.74) is 11.3. The van der Waals surface area contributed by atoms with Gasteiger partial charge in [-0.3, -0.25) is 4.79 Å². The van der Waals surface area contributed by atoms with Crippen LogP contribution in [0.2, 0.25) is 0 Å². The normalized spacial score (nSPS) is 10.5. The van der Waals surface area contributed by atoms with E-state index in [0.29, 0.717) is 12.2 Å². The topological polar surface area (TPSA) is 72.9 Å². The quantitative estimate of drug-likeness (QED) is 0.700. The van der Waals surface area contributed by atoms with E-state index < -0.39 is 0 Å². The lowest BCUT2D eigenvalue weighted by molar-refractivity contribution is -0.106. The number of amides is 1. The molecule has 0 fully saturated rings. The van der Waals surface area contributed by atoms with E-state index in [9.17, 15) is 4.79 Å². The van der Waals surface area contributed by atoms with Crippen molar-refractivity contribution in [3.63, 3.8) is 0 Å². The summed E-state index contributed by atoms with van der Waals surface area (Å²) in [5, 5.41) is 4.88. The molecule has 0 saturated carbocycles. The average Bonchev–Trinajstić information content (AvgIpc) is 2.77. The number of hydrogen-bond acceptors (Lipinski definition) is 3. The van der Waals surface area contributed by atoms with E-state index in [-0.39, 0.29) is 0 Å². The average molecular weight is 252 g/mol. The van der Waals surface area contributed by atoms with E-state index in [1.807, 2.05) is 48.5 Å². The SMILES string of the molecule is Nc1nn(NC=O)c2ccc(-c3ccccc3)cc12. The van der Waals surface area contributed by atoms with E-state index in [2.05, 4.69) is 10.5 Å². The number of hydrogen-bond donors (Lipinski definition) is 2. The van der Waals surface area contributed by atoms with Crippen LogP contribution in [-0.2, 0) is 4.79 Å². The summed E-state index contributed by atoms with van der Waals surface area (Å²) < 4.78 is 0. The Morgan fingerprint density at radius 3 is 2.63 bits per heavy atom. The number of nitrogens with one attached hydrogen (secondary N) is 1. The van der Waals surface area contributed by atoms with Gasteiger partial charge in [0.1, 0.15) is 0 Å². The zero-order valence-corrected chi connectivity index (χ0v) is 10.1. The van der Waals surface area contributed by atoms with Gasteiger partial charge in [-0.2, -0.15) is 4.79 Å². The Kier molecular flexibility index (Phi) is 2.64. The van der Waals surface area contributed by atoms with Crippen molar-refractivity contribution in [2.45, 2.75) is 0 Å². The minimum absolute atomic E-state index is 0.391. The lowest BCUT2D eigenvalue weighted by Crippen LogP contribution is -2.13. The van der Waals surface area contributed by atoms with Gasteiger partial charge in [-0.15, -0.1) is 5.10 Å². The Labute approximate surface area is 109 Å². The van der Waals surface area contributed by atoms with Crippen molar-refractivity contribution >= 4 is 23.1 Å². The highest BCUT2D eigenvalue weighted by Gasteiger charge is 2.09. The second kappa shape index (κ2) is 4.45. The van der Waals surface area contributed by atoms with E-state index in [1.165, 1.54) is 4.79 Å². The number of rotatable bonds is 3. The van der Waals surface area contributed by atoms with E-state index >= 15 is 0 Å². The molecule has 0 spiro atoms. The first kappa shape index (κ1) is 11.3. The zero-order valence-electron chi connectivity index (χ0n) is 10.1. The number of aromatic nitrogens is 2. The highest BCUT2D eigenvalue weighted by atomic mass is 16.1. The van der Waals surface area contributed by atoms with Gasteiger partial charge < -0.3 is 5.73 Å². The van der Waals surface area contributed by atoms with Gasteiger partial charge in [-0.25, -0.2) is 5.43 Å². The van der Waals surface area contributed by atoms with Crippen LogP contribution in [0.4, 0.5) is 5.82 Å². The van der Waals surface area contributed by atoms with Crippen LogP contribution in [0.25, 0.3) is 22.0 Å². The van der Waals surface area contributed by atoms with Crippen LogP contribution < -0.4 is 11.2 Å². The molecule has 0 radical (unpaired) electrons. The molecule has 5 nitrogen and oxygen atoms in total. The minimum Gasteiger partial charge on any atom is -0.382 e. The van der Waals surface area contributed by atoms with E-state index in [0.717, 1.165) is 22.0 Å². The molecule has 1 amide bonds. The van der Waals surface area contributed by atoms with Crippen molar-refractivity contribution in [1.82, 2.24) is 9.89 Å². The molecule has 1 heterocycles. The fourth-order valence-electron chi connectivity index (χ4n) is 2.10. The molecule has 0 bridgehead atoms. The van der Waals surface area contributed by atoms with Crippen LogP contribution >= 0.6 is 0 Å². The molecule has 2 aromatic carbocycles. The third kappa shape index (κ3) is 1.91. The molecular formula is C14H12N4O. The van der Waals surface area contributed by atoms with Crippen LogP contribution in [0.5, 0.6) is 0 Å².